The Hall–Kier alpha value is -2.12. The smallest absolute Gasteiger partial charge is 0.221 e. The van der Waals surface area contributed by atoms with Crippen molar-refractivity contribution in [3.63, 3.8) is 0 Å². The van der Waals surface area contributed by atoms with E-state index in [2.05, 4.69) is 26.0 Å². The third-order valence-corrected chi connectivity index (χ3v) is 3.70. The summed E-state index contributed by atoms with van der Waals surface area (Å²) < 4.78 is 1.02. The zero-order chi connectivity index (χ0) is 14.8. The van der Waals surface area contributed by atoms with Crippen LogP contribution in [-0.4, -0.2) is 22.2 Å². The monoisotopic (exact) mass is 346 g/mol. The fourth-order valence-electron chi connectivity index (χ4n) is 2.24. The topological polar surface area (TPSA) is 83.8 Å². The summed E-state index contributed by atoms with van der Waals surface area (Å²) in [5.41, 5.74) is 14.2. The number of hydrogen-bond donors (Lipinski definition) is 2. The molecule has 1 atom stereocenters. The van der Waals surface area contributed by atoms with Gasteiger partial charge < -0.3 is 5.73 Å². The van der Waals surface area contributed by atoms with Crippen LogP contribution < -0.4 is 16.4 Å². The van der Waals surface area contributed by atoms with Crippen molar-refractivity contribution >= 4 is 27.6 Å². The van der Waals surface area contributed by atoms with Gasteiger partial charge in [0.15, 0.2) is 6.29 Å². The number of nitrogens with two attached hydrogens (primary N) is 2. The van der Waals surface area contributed by atoms with Gasteiger partial charge in [0.25, 0.3) is 0 Å². The summed E-state index contributed by atoms with van der Waals surface area (Å²) >= 11 is 3.46. The molecule has 2 aromatic rings. The molecule has 0 saturated carbocycles. The molecule has 0 saturated heterocycles. The zero-order valence-corrected chi connectivity index (χ0v) is 12.8. The minimum absolute atomic E-state index is 0.366. The van der Waals surface area contributed by atoms with E-state index in [1.54, 1.807) is 22.3 Å². The highest BCUT2D eigenvalue weighted by Gasteiger charge is 2.30. The van der Waals surface area contributed by atoms with E-state index >= 15 is 0 Å². The first kappa shape index (κ1) is 13.8. The van der Waals surface area contributed by atoms with Crippen LogP contribution in [0.25, 0.3) is 0 Å². The molecule has 0 bridgehead atoms. The predicted octanol–water partition coefficient (Wildman–Crippen LogP) is 1.64. The van der Waals surface area contributed by atoms with Crippen molar-refractivity contribution in [2.75, 3.05) is 4.90 Å². The van der Waals surface area contributed by atoms with Gasteiger partial charge in [-0.1, -0.05) is 28.1 Å². The Labute approximate surface area is 131 Å². The second-order valence-electron chi connectivity index (χ2n) is 4.68. The number of guanidine groups is 1. The van der Waals surface area contributed by atoms with Crippen molar-refractivity contribution in [1.29, 1.82) is 0 Å². The Kier molecular flexibility index (Phi) is 3.76. The predicted molar refractivity (Wildman–Crippen MR) is 86.0 cm³/mol. The highest BCUT2D eigenvalue weighted by atomic mass is 79.9. The van der Waals surface area contributed by atoms with Crippen molar-refractivity contribution in [1.82, 2.24) is 9.99 Å². The van der Waals surface area contributed by atoms with E-state index in [1.165, 1.54) is 0 Å². The third kappa shape index (κ3) is 2.84. The number of hydrazone groups is 1. The molecule has 6 nitrogen and oxygen atoms in total. The maximum absolute atomic E-state index is 6.25. The summed E-state index contributed by atoms with van der Waals surface area (Å²) in [6.45, 7) is 0.581. The van der Waals surface area contributed by atoms with Gasteiger partial charge in [-0.2, -0.15) is 0 Å². The molecule has 7 heteroatoms. The number of halogens is 1. The van der Waals surface area contributed by atoms with Crippen LogP contribution in [0.5, 0.6) is 0 Å². The van der Waals surface area contributed by atoms with E-state index < -0.39 is 6.29 Å². The van der Waals surface area contributed by atoms with E-state index in [0.29, 0.717) is 12.5 Å². The van der Waals surface area contributed by atoms with Crippen LogP contribution in [0.2, 0.25) is 0 Å². The molecule has 3 rings (SSSR count). The van der Waals surface area contributed by atoms with Crippen LogP contribution in [0.4, 0.5) is 5.69 Å². The molecule has 2 heterocycles. The summed E-state index contributed by atoms with van der Waals surface area (Å²) in [4.78, 5) is 5.84. The summed E-state index contributed by atoms with van der Waals surface area (Å²) in [6.07, 6.45) is 2.97. The van der Waals surface area contributed by atoms with Crippen LogP contribution in [0.3, 0.4) is 0 Å². The van der Waals surface area contributed by atoms with Gasteiger partial charge in [-0.05, 0) is 29.8 Å². The molecule has 0 spiro atoms. The SMILES string of the molecule is NC1=NN(Cc2cccc(Br)c2)C(N)N1c1cccnc1. The molecule has 0 aliphatic carbocycles. The summed E-state index contributed by atoms with van der Waals surface area (Å²) in [5, 5.41) is 6.09. The molecule has 1 unspecified atom stereocenters. The van der Waals surface area contributed by atoms with Crippen LogP contribution in [0.15, 0.2) is 58.4 Å². The minimum atomic E-state index is -0.451. The van der Waals surface area contributed by atoms with Crippen LogP contribution in [0, 0.1) is 0 Å². The first-order valence-corrected chi connectivity index (χ1v) is 7.24. The van der Waals surface area contributed by atoms with Crippen molar-refractivity contribution in [3.8, 4) is 0 Å². The number of hydrogen-bond acceptors (Lipinski definition) is 6. The molecule has 4 N–H and O–H groups in total. The number of rotatable bonds is 3. The van der Waals surface area contributed by atoms with Gasteiger partial charge in [0, 0.05) is 10.7 Å². The Morgan fingerprint density at radius 1 is 1.24 bits per heavy atom. The fourth-order valence-corrected chi connectivity index (χ4v) is 2.69. The fraction of sp³-hybridized carbons (Fsp3) is 0.143. The molecule has 1 aliphatic rings. The lowest BCUT2D eigenvalue weighted by atomic mass is 10.2. The molecule has 0 amide bonds. The van der Waals surface area contributed by atoms with E-state index in [9.17, 15) is 0 Å². The van der Waals surface area contributed by atoms with E-state index in [1.807, 2.05) is 36.4 Å². The Morgan fingerprint density at radius 2 is 2.10 bits per heavy atom. The van der Waals surface area contributed by atoms with Gasteiger partial charge in [0.2, 0.25) is 5.96 Å². The number of anilines is 1. The molecule has 1 aromatic carbocycles. The molecular formula is C14H15BrN6. The Morgan fingerprint density at radius 3 is 2.81 bits per heavy atom. The summed E-state index contributed by atoms with van der Waals surface area (Å²) in [6, 6.07) is 11.8. The normalized spacial score (nSPS) is 18.0. The van der Waals surface area contributed by atoms with Gasteiger partial charge in [-0.25, -0.2) is 0 Å². The Balaban J connectivity index is 1.80. The van der Waals surface area contributed by atoms with Gasteiger partial charge in [-0.15, -0.1) is 5.10 Å². The molecular weight excluding hydrogens is 332 g/mol. The number of nitrogens with zero attached hydrogens (tertiary/aromatic N) is 4. The lowest BCUT2D eigenvalue weighted by molar-refractivity contribution is 0.227. The highest BCUT2D eigenvalue weighted by Crippen LogP contribution is 2.22. The maximum Gasteiger partial charge on any atom is 0.221 e. The van der Waals surface area contributed by atoms with Crippen LogP contribution in [-0.2, 0) is 6.54 Å². The molecule has 1 aliphatic heterocycles. The van der Waals surface area contributed by atoms with Crippen LogP contribution >= 0.6 is 15.9 Å². The van der Waals surface area contributed by atoms with Crippen molar-refractivity contribution in [2.24, 2.45) is 16.6 Å². The van der Waals surface area contributed by atoms with Gasteiger partial charge >= 0.3 is 0 Å². The zero-order valence-electron chi connectivity index (χ0n) is 11.2. The third-order valence-electron chi connectivity index (χ3n) is 3.21. The largest absolute Gasteiger partial charge is 0.368 e. The van der Waals surface area contributed by atoms with Crippen molar-refractivity contribution < 1.29 is 0 Å². The quantitative estimate of drug-likeness (QED) is 0.882. The highest BCUT2D eigenvalue weighted by molar-refractivity contribution is 9.10. The number of benzene rings is 1. The second-order valence-corrected chi connectivity index (χ2v) is 5.60. The van der Waals surface area contributed by atoms with E-state index in [4.69, 9.17) is 11.5 Å². The van der Waals surface area contributed by atoms with Crippen molar-refractivity contribution in [2.45, 2.75) is 12.8 Å². The minimum Gasteiger partial charge on any atom is -0.368 e. The average Bonchev–Trinajstić information content (AvgIpc) is 2.74. The lowest BCUT2D eigenvalue weighted by Crippen LogP contribution is -2.50. The van der Waals surface area contributed by atoms with Crippen molar-refractivity contribution in [3.05, 3.63) is 58.8 Å². The first-order valence-electron chi connectivity index (χ1n) is 6.45. The summed E-state index contributed by atoms with van der Waals surface area (Å²) in [7, 11) is 0. The van der Waals surface area contributed by atoms with Gasteiger partial charge in [0.1, 0.15) is 0 Å². The van der Waals surface area contributed by atoms with E-state index in [-0.39, 0.29) is 0 Å². The van der Waals surface area contributed by atoms with E-state index in [0.717, 1.165) is 15.7 Å². The Bertz CT molecular complexity index is 660. The standard InChI is InChI=1S/C14H15BrN6/c15-11-4-1-3-10(7-11)9-20-14(17)21(13(16)19-20)12-5-2-6-18-8-12/h1-8,14H,9,17H2,(H2,16,19). The molecule has 108 valence electrons. The maximum atomic E-state index is 6.25. The molecule has 21 heavy (non-hydrogen) atoms. The first-order chi connectivity index (χ1) is 10.1. The molecule has 1 aromatic heterocycles. The van der Waals surface area contributed by atoms with Gasteiger partial charge in [0.05, 0.1) is 18.4 Å². The summed E-state index contributed by atoms with van der Waals surface area (Å²) in [5.74, 6) is 0.366. The average molecular weight is 347 g/mol. The number of aromatic nitrogens is 1. The molecule has 0 radical (unpaired) electrons. The second kappa shape index (κ2) is 5.71. The molecule has 0 fully saturated rings. The van der Waals surface area contributed by atoms with Crippen LogP contribution in [0.1, 0.15) is 5.56 Å². The van der Waals surface area contributed by atoms with Gasteiger partial charge in [-0.3, -0.25) is 20.6 Å². The number of pyridine rings is 1. The lowest BCUT2D eigenvalue weighted by Gasteiger charge is -2.27.